The Labute approximate surface area is 180 Å². The molecule has 3 rings (SSSR count). The molecular formula is C21H32IN5. The number of guanidine groups is 1. The Bertz CT molecular complexity index is 673. The molecule has 27 heavy (non-hydrogen) atoms. The Balaban J connectivity index is 0.00000261. The summed E-state index contributed by atoms with van der Waals surface area (Å²) in [6.45, 7) is 6.91. The highest BCUT2D eigenvalue weighted by molar-refractivity contribution is 14.0. The summed E-state index contributed by atoms with van der Waals surface area (Å²) in [5.74, 6) is 1.81. The van der Waals surface area contributed by atoms with E-state index in [2.05, 4.69) is 58.3 Å². The minimum absolute atomic E-state index is 0. The average molecular weight is 481 g/mol. The lowest BCUT2D eigenvalue weighted by Gasteiger charge is -2.28. The Morgan fingerprint density at radius 3 is 2.48 bits per heavy atom. The minimum atomic E-state index is 0. The summed E-state index contributed by atoms with van der Waals surface area (Å²) in [5, 5.41) is 7.00. The van der Waals surface area contributed by atoms with Crippen LogP contribution in [0.4, 0.5) is 0 Å². The fourth-order valence-corrected chi connectivity index (χ4v) is 3.43. The zero-order valence-electron chi connectivity index (χ0n) is 16.4. The van der Waals surface area contributed by atoms with E-state index in [1.807, 2.05) is 18.7 Å². The molecule has 0 saturated heterocycles. The zero-order chi connectivity index (χ0) is 18.2. The van der Waals surface area contributed by atoms with Gasteiger partial charge in [-0.15, -0.1) is 24.0 Å². The van der Waals surface area contributed by atoms with Crippen LogP contribution in [-0.2, 0) is 13.1 Å². The number of halogens is 1. The molecule has 2 N–H and O–H groups in total. The van der Waals surface area contributed by atoms with Gasteiger partial charge in [-0.1, -0.05) is 31.2 Å². The van der Waals surface area contributed by atoms with Crippen LogP contribution in [0.15, 0.2) is 48.0 Å². The fourth-order valence-electron chi connectivity index (χ4n) is 3.43. The molecule has 2 aromatic rings. The molecule has 0 atom stereocenters. The first kappa shape index (κ1) is 21.7. The standard InChI is InChI=1S/C21H31N5.HI/c1-3-23-21(25-20-10-4-17(2)5-11-20)24-14-18-6-8-19(9-7-18)15-26-13-12-22-16-26;/h6-9,12-13,16-17,20H,3-5,10-11,14-15H2,1-2H3,(H2,23,24,25);1H. The second kappa shape index (κ2) is 11.3. The highest BCUT2D eigenvalue weighted by Crippen LogP contribution is 2.23. The van der Waals surface area contributed by atoms with E-state index >= 15 is 0 Å². The maximum Gasteiger partial charge on any atom is 0.191 e. The smallest absolute Gasteiger partial charge is 0.191 e. The maximum atomic E-state index is 4.78. The lowest BCUT2D eigenvalue weighted by Crippen LogP contribution is -2.44. The number of nitrogens with zero attached hydrogens (tertiary/aromatic N) is 3. The van der Waals surface area contributed by atoms with Crippen LogP contribution in [0.5, 0.6) is 0 Å². The number of aliphatic imine (C=N–C) groups is 1. The van der Waals surface area contributed by atoms with Crippen molar-refractivity contribution in [2.45, 2.75) is 58.7 Å². The molecule has 1 heterocycles. The monoisotopic (exact) mass is 481 g/mol. The quantitative estimate of drug-likeness (QED) is 0.370. The first-order valence-electron chi connectivity index (χ1n) is 9.81. The summed E-state index contributed by atoms with van der Waals surface area (Å²) >= 11 is 0. The molecule has 1 aromatic carbocycles. The van der Waals surface area contributed by atoms with E-state index in [0.717, 1.165) is 25.0 Å². The number of hydrogen-bond donors (Lipinski definition) is 2. The van der Waals surface area contributed by atoms with E-state index in [1.54, 1.807) is 0 Å². The molecule has 1 aliphatic rings. The van der Waals surface area contributed by atoms with Gasteiger partial charge in [0, 0.05) is 31.5 Å². The number of nitrogens with one attached hydrogen (secondary N) is 2. The van der Waals surface area contributed by atoms with Crippen molar-refractivity contribution >= 4 is 29.9 Å². The van der Waals surface area contributed by atoms with E-state index in [9.17, 15) is 0 Å². The summed E-state index contributed by atoms with van der Waals surface area (Å²) in [7, 11) is 0. The second-order valence-electron chi connectivity index (χ2n) is 7.35. The number of rotatable bonds is 6. The van der Waals surface area contributed by atoms with Gasteiger partial charge >= 0.3 is 0 Å². The van der Waals surface area contributed by atoms with Crippen LogP contribution in [-0.4, -0.2) is 28.1 Å². The molecule has 5 nitrogen and oxygen atoms in total. The number of benzene rings is 1. The molecular weight excluding hydrogens is 449 g/mol. The van der Waals surface area contributed by atoms with Crippen LogP contribution in [0, 0.1) is 5.92 Å². The van der Waals surface area contributed by atoms with Crippen molar-refractivity contribution in [1.82, 2.24) is 20.2 Å². The maximum absolute atomic E-state index is 4.78. The molecule has 1 aliphatic carbocycles. The van der Waals surface area contributed by atoms with Gasteiger partial charge in [-0.05, 0) is 49.7 Å². The van der Waals surface area contributed by atoms with Crippen LogP contribution >= 0.6 is 24.0 Å². The Kier molecular flexibility index (Phi) is 9.10. The lowest BCUT2D eigenvalue weighted by molar-refractivity contribution is 0.329. The third-order valence-corrected chi connectivity index (χ3v) is 5.07. The summed E-state index contributed by atoms with van der Waals surface area (Å²) in [6, 6.07) is 9.24. The Hall–Kier alpha value is -1.57. The molecule has 148 valence electrons. The van der Waals surface area contributed by atoms with Crippen LogP contribution in [0.1, 0.15) is 50.7 Å². The molecule has 0 radical (unpaired) electrons. The zero-order valence-corrected chi connectivity index (χ0v) is 18.7. The first-order chi connectivity index (χ1) is 12.7. The predicted octanol–water partition coefficient (Wildman–Crippen LogP) is 4.18. The fraction of sp³-hybridized carbons (Fsp3) is 0.524. The summed E-state index contributed by atoms with van der Waals surface area (Å²) in [5.41, 5.74) is 2.51. The molecule has 1 saturated carbocycles. The van der Waals surface area contributed by atoms with Gasteiger partial charge in [0.25, 0.3) is 0 Å². The highest BCUT2D eigenvalue weighted by Gasteiger charge is 2.18. The Morgan fingerprint density at radius 1 is 1.15 bits per heavy atom. The molecule has 0 unspecified atom stereocenters. The molecule has 0 aliphatic heterocycles. The van der Waals surface area contributed by atoms with Gasteiger partial charge in [-0.25, -0.2) is 9.98 Å². The largest absolute Gasteiger partial charge is 0.357 e. The van der Waals surface area contributed by atoms with Crippen LogP contribution in [0.2, 0.25) is 0 Å². The average Bonchev–Trinajstić information content (AvgIpc) is 3.16. The third kappa shape index (κ3) is 7.16. The summed E-state index contributed by atoms with van der Waals surface area (Å²) < 4.78 is 2.07. The molecule has 1 fully saturated rings. The third-order valence-electron chi connectivity index (χ3n) is 5.07. The molecule has 1 aromatic heterocycles. The number of hydrogen-bond acceptors (Lipinski definition) is 2. The molecule has 0 amide bonds. The van der Waals surface area contributed by atoms with Crippen molar-refractivity contribution in [3.63, 3.8) is 0 Å². The second-order valence-corrected chi connectivity index (χ2v) is 7.35. The van der Waals surface area contributed by atoms with Crippen molar-refractivity contribution in [2.24, 2.45) is 10.9 Å². The summed E-state index contributed by atoms with van der Waals surface area (Å²) in [4.78, 5) is 8.87. The predicted molar refractivity (Wildman–Crippen MR) is 123 cm³/mol. The molecule has 0 spiro atoms. The van der Waals surface area contributed by atoms with Crippen molar-refractivity contribution in [2.75, 3.05) is 6.54 Å². The lowest BCUT2D eigenvalue weighted by atomic mass is 9.87. The van der Waals surface area contributed by atoms with Gasteiger partial charge < -0.3 is 15.2 Å². The van der Waals surface area contributed by atoms with Gasteiger partial charge in [-0.3, -0.25) is 0 Å². The number of imidazole rings is 1. The minimum Gasteiger partial charge on any atom is -0.357 e. The molecule has 6 heteroatoms. The van der Waals surface area contributed by atoms with Crippen molar-refractivity contribution in [3.8, 4) is 0 Å². The van der Waals surface area contributed by atoms with E-state index in [1.165, 1.54) is 36.8 Å². The van der Waals surface area contributed by atoms with Crippen molar-refractivity contribution < 1.29 is 0 Å². The van der Waals surface area contributed by atoms with Gasteiger partial charge in [-0.2, -0.15) is 0 Å². The van der Waals surface area contributed by atoms with E-state index in [4.69, 9.17) is 4.99 Å². The highest BCUT2D eigenvalue weighted by atomic mass is 127. The van der Waals surface area contributed by atoms with Crippen molar-refractivity contribution in [1.29, 1.82) is 0 Å². The van der Waals surface area contributed by atoms with Crippen LogP contribution < -0.4 is 10.6 Å². The SMILES string of the molecule is CCNC(=NCc1ccc(Cn2ccnc2)cc1)NC1CCC(C)CC1.I. The first-order valence-corrected chi connectivity index (χ1v) is 9.81. The van der Waals surface area contributed by atoms with Crippen LogP contribution in [0.25, 0.3) is 0 Å². The van der Waals surface area contributed by atoms with Crippen molar-refractivity contribution in [3.05, 3.63) is 54.1 Å². The van der Waals surface area contributed by atoms with Gasteiger partial charge in [0.2, 0.25) is 0 Å². The number of aromatic nitrogens is 2. The summed E-state index contributed by atoms with van der Waals surface area (Å²) in [6.07, 6.45) is 10.8. The van der Waals surface area contributed by atoms with Gasteiger partial charge in [0.05, 0.1) is 12.9 Å². The van der Waals surface area contributed by atoms with E-state index < -0.39 is 0 Å². The van der Waals surface area contributed by atoms with Gasteiger partial charge in [0.15, 0.2) is 5.96 Å². The topological polar surface area (TPSA) is 54.2 Å². The van der Waals surface area contributed by atoms with Gasteiger partial charge in [0.1, 0.15) is 0 Å². The Morgan fingerprint density at radius 2 is 1.85 bits per heavy atom. The van der Waals surface area contributed by atoms with E-state index in [0.29, 0.717) is 12.6 Å². The normalized spacial score (nSPS) is 20.0. The van der Waals surface area contributed by atoms with E-state index in [-0.39, 0.29) is 24.0 Å². The van der Waals surface area contributed by atoms with Crippen LogP contribution in [0.3, 0.4) is 0 Å². The molecule has 0 bridgehead atoms.